The van der Waals surface area contributed by atoms with Crippen LogP contribution in [0.1, 0.15) is 56.0 Å². The summed E-state index contributed by atoms with van der Waals surface area (Å²) < 4.78 is 15.5. The van der Waals surface area contributed by atoms with Crippen LogP contribution in [0.3, 0.4) is 0 Å². The van der Waals surface area contributed by atoms with Gasteiger partial charge in [0.25, 0.3) is 0 Å². The van der Waals surface area contributed by atoms with E-state index in [9.17, 15) is 4.79 Å². The van der Waals surface area contributed by atoms with Crippen LogP contribution in [0, 0.1) is 0 Å². The van der Waals surface area contributed by atoms with Gasteiger partial charge in [-0.3, -0.25) is 4.90 Å². The van der Waals surface area contributed by atoms with Crippen LogP contribution in [0.5, 0.6) is 0 Å². The number of hydrogen-bond acceptors (Lipinski definition) is 5. The highest BCUT2D eigenvalue weighted by Crippen LogP contribution is 2.26. The predicted octanol–water partition coefficient (Wildman–Crippen LogP) is 3.26. The van der Waals surface area contributed by atoms with Crippen LogP contribution in [0.15, 0.2) is 16.5 Å². The summed E-state index contributed by atoms with van der Waals surface area (Å²) in [5.74, 6) is 0.577. The van der Waals surface area contributed by atoms with E-state index in [2.05, 4.69) is 30.4 Å². The summed E-state index contributed by atoms with van der Waals surface area (Å²) >= 11 is 0. The highest BCUT2D eigenvalue weighted by molar-refractivity contribution is 5.86. The Labute approximate surface area is 127 Å². The van der Waals surface area contributed by atoms with Crippen molar-refractivity contribution < 1.29 is 18.7 Å². The van der Waals surface area contributed by atoms with Gasteiger partial charge in [-0.15, -0.1) is 0 Å². The van der Waals surface area contributed by atoms with Crippen LogP contribution in [-0.2, 0) is 9.47 Å². The van der Waals surface area contributed by atoms with E-state index in [0.717, 1.165) is 25.1 Å². The molecule has 0 fully saturated rings. The zero-order valence-electron chi connectivity index (χ0n) is 13.7. The molecule has 0 amide bonds. The van der Waals surface area contributed by atoms with Crippen LogP contribution < -0.4 is 0 Å². The van der Waals surface area contributed by atoms with Gasteiger partial charge in [0.1, 0.15) is 5.76 Å². The average Bonchev–Trinajstić information content (AvgIpc) is 3.00. The molecule has 120 valence electrons. The molecule has 1 aromatic heterocycles. The Bertz CT molecular complexity index is 426. The van der Waals surface area contributed by atoms with Gasteiger partial charge in [-0.05, 0) is 31.9 Å². The van der Waals surface area contributed by atoms with Crippen molar-refractivity contribution in [3.8, 4) is 0 Å². The van der Waals surface area contributed by atoms with Gasteiger partial charge in [0.15, 0.2) is 0 Å². The van der Waals surface area contributed by atoms with Crippen LogP contribution in [-0.4, -0.2) is 44.3 Å². The Morgan fingerprint density at radius 1 is 1.29 bits per heavy atom. The number of methoxy groups -OCH3 is 2. The van der Waals surface area contributed by atoms with Gasteiger partial charge in [-0.1, -0.05) is 13.8 Å². The molecule has 0 bridgehead atoms. The van der Waals surface area contributed by atoms with Gasteiger partial charge in [0, 0.05) is 19.7 Å². The van der Waals surface area contributed by atoms with Crippen molar-refractivity contribution in [2.75, 3.05) is 27.4 Å². The Hall–Kier alpha value is -1.33. The minimum atomic E-state index is -0.445. The first-order chi connectivity index (χ1) is 10.1. The maximum atomic E-state index is 11.5. The molecule has 0 radical (unpaired) electrons. The maximum absolute atomic E-state index is 11.5. The molecule has 1 atom stereocenters. The molecule has 0 N–H and O–H groups in total. The van der Waals surface area contributed by atoms with Gasteiger partial charge in [0.2, 0.25) is 5.76 Å². The summed E-state index contributed by atoms with van der Waals surface area (Å²) in [6.45, 7) is 7.96. The molecule has 0 aliphatic heterocycles. The van der Waals surface area contributed by atoms with Crippen molar-refractivity contribution in [2.24, 2.45) is 0 Å². The van der Waals surface area contributed by atoms with Crippen molar-refractivity contribution >= 4 is 5.97 Å². The maximum Gasteiger partial charge on any atom is 0.373 e. The van der Waals surface area contributed by atoms with E-state index in [1.807, 2.05) is 6.07 Å². The Balaban J connectivity index is 2.90. The fraction of sp³-hybridized carbons (Fsp3) is 0.688. The second-order valence-corrected chi connectivity index (χ2v) is 5.07. The fourth-order valence-electron chi connectivity index (χ4n) is 2.60. The number of rotatable bonds is 9. The van der Waals surface area contributed by atoms with Crippen LogP contribution in [0.4, 0.5) is 0 Å². The minimum absolute atomic E-state index is 0.0865. The largest absolute Gasteiger partial charge is 0.463 e. The third-order valence-electron chi connectivity index (χ3n) is 3.89. The lowest BCUT2D eigenvalue weighted by atomic mass is 10.1. The standard InChI is InChI=1S/C16H27NO4/c1-6-13(7-2)17(10-11-19-4)12(3)14-8-9-15(21-14)16(18)20-5/h8-9,12-13H,6-7,10-11H2,1-5H3. The molecule has 5 heteroatoms. The quantitative estimate of drug-likeness (QED) is 0.655. The molecule has 5 nitrogen and oxygen atoms in total. The molecule has 21 heavy (non-hydrogen) atoms. The lowest BCUT2D eigenvalue weighted by molar-refractivity contribution is 0.0545. The van der Waals surface area contributed by atoms with Crippen molar-refractivity contribution in [1.82, 2.24) is 4.90 Å². The summed E-state index contributed by atoms with van der Waals surface area (Å²) in [7, 11) is 3.06. The molecular weight excluding hydrogens is 270 g/mol. The van der Waals surface area contributed by atoms with Crippen molar-refractivity contribution in [1.29, 1.82) is 0 Å². The monoisotopic (exact) mass is 297 g/mol. The second-order valence-electron chi connectivity index (χ2n) is 5.07. The van der Waals surface area contributed by atoms with E-state index < -0.39 is 5.97 Å². The summed E-state index contributed by atoms with van der Waals surface area (Å²) in [4.78, 5) is 13.9. The first kappa shape index (κ1) is 17.7. The third kappa shape index (κ3) is 4.58. The summed E-state index contributed by atoms with van der Waals surface area (Å²) in [6, 6.07) is 4.06. The number of hydrogen-bond donors (Lipinski definition) is 0. The lowest BCUT2D eigenvalue weighted by Gasteiger charge is -2.34. The average molecular weight is 297 g/mol. The number of esters is 1. The lowest BCUT2D eigenvalue weighted by Crippen LogP contribution is -2.38. The summed E-state index contributed by atoms with van der Waals surface area (Å²) in [5.41, 5.74) is 0. The highest BCUT2D eigenvalue weighted by Gasteiger charge is 2.25. The van der Waals surface area contributed by atoms with Gasteiger partial charge in [-0.25, -0.2) is 4.79 Å². The number of nitrogens with zero attached hydrogens (tertiary/aromatic N) is 1. The molecule has 1 rings (SSSR count). The highest BCUT2D eigenvalue weighted by atomic mass is 16.5. The van der Waals surface area contributed by atoms with Crippen molar-refractivity contribution in [3.05, 3.63) is 23.7 Å². The third-order valence-corrected chi connectivity index (χ3v) is 3.89. The molecule has 0 aliphatic carbocycles. The smallest absolute Gasteiger partial charge is 0.373 e. The van der Waals surface area contributed by atoms with Gasteiger partial charge < -0.3 is 13.9 Å². The molecule has 0 saturated carbocycles. The predicted molar refractivity (Wildman–Crippen MR) is 81.4 cm³/mol. The molecule has 0 spiro atoms. The van der Waals surface area contributed by atoms with E-state index >= 15 is 0 Å². The van der Waals surface area contributed by atoms with Gasteiger partial charge >= 0.3 is 5.97 Å². The van der Waals surface area contributed by atoms with E-state index in [4.69, 9.17) is 9.15 Å². The number of ether oxygens (including phenoxy) is 2. The van der Waals surface area contributed by atoms with Crippen molar-refractivity contribution in [3.63, 3.8) is 0 Å². The molecule has 1 aromatic rings. The first-order valence-electron chi connectivity index (χ1n) is 7.51. The molecule has 1 heterocycles. The zero-order chi connectivity index (χ0) is 15.8. The zero-order valence-corrected chi connectivity index (χ0v) is 13.7. The first-order valence-corrected chi connectivity index (χ1v) is 7.51. The minimum Gasteiger partial charge on any atom is -0.463 e. The van der Waals surface area contributed by atoms with E-state index in [-0.39, 0.29) is 11.8 Å². The van der Waals surface area contributed by atoms with E-state index in [0.29, 0.717) is 12.6 Å². The van der Waals surface area contributed by atoms with Crippen LogP contribution in [0.25, 0.3) is 0 Å². The van der Waals surface area contributed by atoms with Crippen LogP contribution >= 0.6 is 0 Å². The number of furan rings is 1. The molecule has 0 aromatic carbocycles. The number of carbonyl (C=O) groups excluding carboxylic acids is 1. The molecule has 0 aliphatic rings. The normalized spacial score (nSPS) is 12.9. The topological polar surface area (TPSA) is 51.9 Å². The number of carbonyl (C=O) groups is 1. The molecular formula is C16H27NO4. The Kier molecular flexibility index (Phi) is 7.47. The second kappa shape index (κ2) is 8.85. The SMILES string of the molecule is CCC(CC)N(CCOC)C(C)c1ccc(C(=O)OC)o1. The van der Waals surface area contributed by atoms with E-state index in [1.165, 1.54) is 7.11 Å². The Morgan fingerprint density at radius 3 is 2.48 bits per heavy atom. The summed E-state index contributed by atoms with van der Waals surface area (Å²) in [5, 5.41) is 0. The fourth-order valence-corrected chi connectivity index (χ4v) is 2.60. The van der Waals surface area contributed by atoms with Crippen molar-refractivity contribution in [2.45, 2.75) is 45.7 Å². The molecule has 0 saturated heterocycles. The molecule has 1 unspecified atom stereocenters. The summed E-state index contributed by atoms with van der Waals surface area (Å²) in [6.07, 6.45) is 2.13. The van der Waals surface area contributed by atoms with Crippen LogP contribution in [0.2, 0.25) is 0 Å². The van der Waals surface area contributed by atoms with E-state index in [1.54, 1.807) is 13.2 Å². The van der Waals surface area contributed by atoms with Gasteiger partial charge in [0.05, 0.1) is 19.8 Å². The van der Waals surface area contributed by atoms with Gasteiger partial charge in [-0.2, -0.15) is 0 Å². The Morgan fingerprint density at radius 2 is 1.95 bits per heavy atom.